The first-order valence-electron chi connectivity index (χ1n) is 12.3. The maximum absolute atomic E-state index is 13.8. The van der Waals surface area contributed by atoms with Crippen molar-refractivity contribution < 1.29 is 18.0 Å². The number of nitrogens with one attached hydrogen (secondary N) is 1. The highest BCUT2D eigenvalue weighted by Gasteiger charge is 2.32. The minimum atomic E-state index is -4.18. The van der Waals surface area contributed by atoms with Gasteiger partial charge in [-0.2, -0.15) is 0 Å². The molecule has 1 unspecified atom stereocenters. The molecule has 0 fully saturated rings. The fraction of sp³-hybridized carbons (Fsp3) is 0.286. The summed E-state index contributed by atoms with van der Waals surface area (Å²) >= 11 is 12.4. The van der Waals surface area contributed by atoms with Crippen LogP contribution in [0.5, 0.6) is 0 Å². The van der Waals surface area contributed by atoms with Crippen LogP contribution in [0.25, 0.3) is 0 Å². The van der Waals surface area contributed by atoms with Gasteiger partial charge in [0.05, 0.1) is 10.6 Å². The van der Waals surface area contributed by atoms with E-state index in [1.807, 2.05) is 37.3 Å². The lowest BCUT2D eigenvalue weighted by atomic mass is 10.1. The number of carbonyl (C=O) groups excluding carboxylic acids is 2. The molecule has 3 aromatic rings. The number of hydrogen-bond donors (Lipinski definition) is 1. The summed E-state index contributed by atoms with van der Waals surface area (Å²) in [5.74, 6) is -0.841. The highest BCUT2D eigenvalue weighted by molar-refractivity contribution is 7.92. The number of carbonyl (C=O) groups is 2. The fourth-order valence-electron chi connectivity index (χ4n) is 3.90. The number of rotatable bonds is 12. The quantitative estimate of drug-likeness (QED) is 0.322. The fourth-order valence-corrected chi connectivity index (χ4v) is 5.83. The van der Waals surface area contributed by atoms with Gasteiger partial charge >= 0.3 is 0 Å². The van der Waals surface area contributed by atoms with Crippen molar-refractivity contribution in [1.82, 2.24) is 10.2 Å². The summed E-state index contributed by atoms with van der Waals surface area (Å²) in [7, 11) is -4.18. The molecule has 1 N–H and O–H groups in total. The predicted molar refractivity (Wildman–Crippen MR) is 152 cm³/mol. The van der Waals surface area contributed by atoms with Crippen LogP contribution in [-0.2, 0) is 26.0 Å². The standard InChI is InChI=1S/C28H31Cl2N3O4S/c1-3-15-31-28(35)21(2)32(16-14-22-10-6-4-7-11-22)27(34)20-33(25-18-23(29)17-24(30)19-25)38(36,37)26-12-8-5-9-13-26/h4-13,17-19,21H,3,14-16,20H2,1-2H3,(H,31,35). The van der Waals surface area contributed by atoms with Crippen LogP contribution in [-0.4, -0.2) is 50.8 Å². The monoisotopic (exact) mass is 575 g/mol. The molecule has 3 rings (SSSR count). The molecule has 3 aromatic carbocycles. The molecule has 0 aliphatic carbocycles. The number of anilines is 1. The van der Waals surface area contributed by atoms with Crippen molar-refractivity contribution in [3.8, 4) is 0 Å². The van der Waals surface area contributed by atoms with E-state index in [4.69, 9.17) is 23.2 Å². The summed E-state index contributed by atoms with van der Waals surface area (Å²) in [5, 5.41) is 3.27. The van der Waals surface area contributed by atoms with Crippen molar-refractivity contribution in [2.45, 2.75) is 37.6 Å². The van der Waals surface area contributed by atoms with Crippen LogP contribution in [0, 0.1) is 0 Å². The normalized spacial score (nSPS) is 12.0. The molecule has 0 aliphatic heterocycles. The number of halogens is 2. The Hall–Kier alpha value is -3.07. The summed E-state index contributed by atoms with van der Waals surface area (Å²) in [6.07, 6.45) is 1.24. The third kappa shape index (κ3) is 7.72. The van der Waals surface area contributed by atoms with E-state index in [0.29, 0.717) is 13.0 Å². The average molecular weight is 577 g/mol. The number of amides is 2. The lowest BCUT2D eigenvalue weighted by Crippen LogP contribution is -2.52. The van der Waals surface area contributed by atoms with E-state index < -0.39 is 28.5 Å². The van der Waals surface area contributed by atoms with Gasteiger partial charge in [-0.3, -0.25) is 13.9 Å². The lowest BCUT2D eigenvalue weighted by molar-refractivity contribution is -0.138. The molecular formula is C28H31Cl2N3O4S. The van der Waals surface area contributed by atoms with Crippen molar-refractivity contribution in [1.29, 1.82) is 0 Å². The van der Waals surface area contributed by atoms with E-state index in [-0.39, 0.29) is 33.1 Å². The van der Waals surface area contributed by atoms with Crippen LogP contribution >= 0.6 is 23.2 Å². The second kappa shape index (κ2) is 13.6. The number of benzene rings is 3. The number of sulfonamides is 1. The van der Waals surface area contributed by atoms with Gasteiger partial charge in [-0.25, -0.2) is 8.42 Å². The molecule has 0 saturated carbocycles. The van der Waals surface area contributed by atoms with Crippen molar-refractivity contribution in [2.75, 3.05) is 23.9 Å². The van der Waals surface area contributed by atoms with Crippen molar-refractivity contribution in [3.63, 3.8) is 0 Å². The third-order valence-corrected chi connectivity index (χ3v) is 8.17. The number of hydrogen-bond acceptors (Lipinski definition) is 4. The molecular weight excluding hydrogens is 545 g/mol. The van der Waals surface area contributed by atoms with Crippen molar-refractivity contribution in [3.05, 3.63) is 94.5 Å². The summed E-state index contributed by atoms with van der Waals surface area (Å²) in [6.45, 7) is 3.72. The van der Waals surface area contributed by atoms with Crippen LogP contribution < -0.4 is 9.62 Å². The van der Waals surface area contributed by atoms with Crippen LogP contribution in [0.2, 0.25) is 10.0 Å². The van der Waals surface area contributed by atoms with Gasteiger partial charge in [-0.15, -0.1) is 0 Å². The Morgan fingerprint density at radius 2 is 1.50 bits per heavy atom. The van der Waals surface area contributed by atoms with Gasteiger partial charge in [0.15, 0.2) is 0 Å². The number of nitrogens with zero attached hydrogens (tertiary/aromatic N) is 2. The van der Waals surface area contributed by atoms with E-state index in [2.05, 4.69) is 5.32 Å². The van der Waals surface area contributed by atoms with E-state index in [1.165, 1.54) is 35.2 Å². The highest BCUT2D eigenvalue weighted by atomic mass is 35.5. The lowest BCUT2D eigenvalue weighted by Gasteiger charge is -2.32. The van der Waals surface area contributed by atoms with E-state index in [9.17, 15) is 18.0 Å². The molecule has 0 aliphatic rings. The summed E-state index contributed by atoms with van der Waals surface area (Å²) < 4.78 is 28.4. The maximum atomic E-state index is 13.8. The van der Waals surface area contributed by atoms with Gasteiger partial charge in [-0.1, -0.05) is 78.7 Å². The Morgan fingerprint density at radius 1 is 0.921 bits per heavy atom. The minimum Gasteiger partial charge on any atom is -0.354 e. The van der Waals surface area contributed by atoms with Crippen molar-refractivity contribution >= 4 is 50.7 Å². The van der Waals surface area contributed by atoms with Crippen molar-refractivity contribution in [2.24, 2.45) is 0 Å². The Morgan fingerprint density at radius 3 is 2.08 bits per heavy atom. The molecule has 202 valence electrons. The SMILES string of the molecule is CCCNC(=O)C(C)N(CCc1ccccc1)C(=O)CN(c1cc(Cl)cc(Cl)c1)S(=O)(=O)c1ccccc1. The third-order valence-electron chi connectivity index (χ3n) is 5.95. The summed E-state index contributed by atoms with van der Waals surface area (Å²) in [5.41, 5.74) is 1.13. The Labute approximate surface area is 234 Å². The second-order valence-electron chi connectivity index (χ2n) is 8.74. The molecule has 2 amide bonds. The van der Waals surface area contributed by atoms with Crippen LogP contribution in [0.15, 0.2) is 83.8 Å². The molecule has 0 aromatic heterocycles. The molecule has 0 heterocycles. The van der Waals surface area contributed by atoms with E-state index in [1.54, 1.807) is 25.1 Å². The molecule has 0 saturated heterocycles. The largest absolute Gasteiger partial charge is 0.354 e. The summed E-state index contributed by atoms with van der Waals surface area (Å²) in [6, 6.07) is 20.9. The summed E-state index contributed by atoms with van der Waals surface area (Å²) in [4.78, 5) is 28.1. The van der Waals surface area contributed by atoms with Gasteiger partial charge < -0.3 is 10.2 Å². The smallest absolute Gasteiger partial charge is 0.264 e. The second-order valence-corrected chi connectivity index (χ2v) is 11.5. The predicted octanol–water partition coefficient (Wildman–Crippen LogP) is 5.17. The minimum absolute atomic E-state index is 0.00784. The average Bonchev–Trinajstić information content (AvgIpc) is 2.90. The topological polar surface area (TPSA) is 86.8 Å². The van der Waals surface area contributed by atoms with E-state index >= 15 is 0 Å². The highest BCUT2D eigenvalue weighted by Crippen LogP contribution is 2.30. The molecule has 38 heavy (non-hydrogen) atoms. The molecule has 1 atom stereocenters. The first-order valence-corrected chi connectivity index (χ1v) is 14.5. The Bertz CT molecular complexity index is 1320. The van der Waals surface area contributed by atoms with Gasteiger partial charge in [0, 0.05) is 23.1 Å². The van der Waals surface area contributed by atoms with Gasteiger partial charge in [-0.05, 0) is 55.7 Å². The Kier molecular flexibility index (Phi) is 10.6. The molecule has 0 spiro atoms. The molecule has 0 bridgehead atoms. The van der Waals surface area contributed by atoms with Crippen LogP contribution in [0.3, 0.4) is 0 Å². The van der Waals surface area contributed by atoms with Crippen LogP contribution in [0.4, 0.5) is 5.69 Å². The van der Waals surface area contributed by atoms with Gasteiger partial charge in [0.25, 0.3) is 10.0 Å². The zero-order chi connectivity index (χ0) is 27.7. The van der Waals surface area contributed by atoms with Crippen LogP contribution in [0.1, 0.15) is 25.8 Å². The maximum Gasteiger partial charge on any atom is 0.264 e. The zero-order valence-corrected chi connectivity index (χ0v) is 23.6. The molecule has 10 heteroatoms. The molecule has 0 radical (unpaired) electrons. The Balaban J connectivity index is 1.98. The first-order chi connectivity index (χ1) is 18.1. The van der Waals surface area contributed by atoms with Gasteiger partial charge in [0.1, 0.15) is 12.6 Å². The van der Waals surface area contributed by atoms with Gasteiger partial charge in [0.2, 0.25) is 11.8 Å². The zero-order valence-electron chi connectivity index (χ0n) is 21.3. The molecule has 7 nitrogen and oxygen atoms in total. The van der Waals surface area contributed by atoms with E-state index in [0.717, 1.165) is 16.3 Å². The first kappa shape index (κ1) is 29.5.